The summed E-state index contributed by atoms with van der Waals surface area (Å²) in [6, 6.07) is 4.09. The molecule has 0 aliphatic carbocycles. The van der Waals surface area contributed by atoms with Gasteiger partial charge in [0.05, 0.1) is 6.07 Å². The molecule has 0 amide bonds. The van der Waals surface area contributed by atoms with E-state index in [-0.39, 0.29) is 6.54 Å². The number of nitrogens with zero attached hydrogens (tertiary/aromatic N) is 4. The van der Waals surface area contributed by atoms with Gasteiger partial charge < -0.3 is 4.90 Å². The predicted molar refractivity (Wildman–Crippen MR) is 71.9 cm³/mol. The minimum Gasteiger partial charge on any atom is -0.331 e. The predicted octanol–water partition coefficient (Wildman–Crippen LogP) is 2.93. The topological polar surface area (TPSA) is 52.8 Å². The van der Waals surface area contributed by atoms with Gasteiger partial charge in [0.2, 0.25) is 5.95 Å². The van der Waals surface area contributed by atoms with Gasteiger partial charge in [-0.05, 0) is 22.0 Å². The van der Waals surface area contributed by atoms with Crippen LogP contribution in [-0.4, -0.2) is 23.6 Å². The lowest BCUT2D eigenvalue weighted by molar-refractivity contribution is 0.947. The monoisotopic (exact) mass is 308 g/mol. The minimum atomic E-state index is 0.282. The fraction of sp³-hybridized carbons (Fsp3) is 0.182. The summed E-state index contributed by atoms with van der Waals surface area (Å²) in [5.41, 5.74) is 0.981. The van der Waals surface area contributed by atoms with Crippen molar-refractivity contribution >= 4 is 33.2 Å². The van der Waals surface area contributed by atoms with Crippen molar-refractivity contribution in [1.29, 1.82) is 5.26 Å². The van der Waals surface area contributed by atoms with Crippen molar-refractivity contribution in [2.75, 3.05) is 18.5 Å². The third-order valence-corrected chi connectivity index (χ3v) is 3.88. The van der Waals surface area contributed by atoms with E-state index in [1.54, 1.807) is 35.7 Å². The molecule has 0 N–H and O–H groups in total. The number of nitriles is 1. The van der Waals surface area contributed by atoms with Crippen LogP contribution in [0.2, 0.25) is 0 Å². The Hall–Kier alpha value is -1.45. The fourth-order valence-corrected chi connectivity index (χ4v) is 2.69. The molecule has 0 aliphatic heterocycles. The van der Waals surface area contributed by atoms with Gasteiger partial charge >= 0.3 is 0 Å². The Morgan fingerprint density at radius 2 is 2.18 bits per heavy atom. The molecule has 0 aliphatic rings. The maximum Gasteiger partial charge on any atom is 0.225 e. The van der Waals surface area contributed by atoms with Crippen LogP contribution in [0, 0.1) is 11.3 Å². The molecule has 6 heteroatoms. The van der Waals surface area contributed by atoms with Gasteiger partial charge in [0, 0.05) is 39.7 Å². The van der Waals surface area contributed by atoms with Gasteiger partial charge in [-0.15, -0.1) is 11.3 Å². The normalized spacial score (nSPS) is 9.94. The van der Waals surface area contributed by atoms with Gasteiger partial charge in [0.25, 0.3) is 0 Å². The maximum absolute atomic E-state index is 8.58. The average molecular weight is 309 g/mol. The second-order valence-corrected chi connectivity index (χ2v) is 5.24. The summed E-state index contributed by atoms with van der Waals surface area (Å²) in [5.74, 6) is 0.561. The highest BCUT2D eigenvalue weighted by atomic mass is 79.9. The van der Waals surface area contributed by atoms with Crippen LogP contribution in [-0.2, 0) is 0 Å². The summed E-state index contributed by atoms with van der Waals surface area (Å²) >= 11 is 5.05. The first-order valence-corrected chi connectivity index (χ1v) is 6.52. The molecule has 4 nitrogen and oxygen atoms in total. The molecule has 0 atom stereocenters. The largest absolute Gasteiger partial charge is 0.331 e. The Kier molecular flexibility index (Phi) is 3.71. The SMILES string of the molecule is CN(CC#N)c1ncc(-c2cc(Br)cs2)cn1. The van der Waals surface area contributed by atoms with Crippen molar-refractivity contribution in [3.63, 3.8) is 0 Å². The van der Waals surface area contributed by atoms with E-state index in [9.17, 15) is 0 Å². The molecule has 0 saturated carbocycles. The van der Waals surface area contributed by atoms with E-state index in [1.807, 2.05) is 11.4 Å². The number of thiophene rings is 1. The lowest BCUT2D eigenvalue weighted by Crippen LogP contribution is -2.19. The Bertz CT molecular complexity index is 543. The lowest BCUT2D eigenvalue weighted by Gasteiger charge is -2.12. The van der Waals surface area contributed by atoms with Crippen molar-refractivity contribution in [1.82, 2.24) is 9.97 Å². The minimum absolute atomic E-state index is 0.282. The highest BCUT2D eigenvalue weighted by molar-refractivity contribution is 9.10. The zero-order valence-corrected chi connectivity index (χ0v) is 11.5. The number of hydrogen-bond acceptors (Lipinski definition) is 5. The zero-order chi connectivity index (χ0) is 12.3. The van der Waals surface area contributed by atoms with Crippen LogP contribution in [0.4, 0.5) is 5.95 Å². The first kappa shape index (κ1) is 12.0. The smallest absolute Gasteiger partial charge is 0.225 e. The zero-order valence-electron chi connectivity index (χ0n) is 9.09. The lowest BCUT2D eigenvalue weighted by atomic mass is 10.3. The standard InChI is InChI=1S/C11H9BrN4S/c1-16(3-2-13)11-14-5-8(6-15-11)10-4-9(12)7-17-10/h4-7H,3H2,1H3. The molecular weight excluding hydrogens is 300 g/mol. The molecule has 17 heavy (non-hydrogen) atoms. The number of anilines is 1. The Morgan fingerprint density at radius 1 is 1.47 bits per heavy atom. The van der Waals surface area contributed by atoms with Crippen LogP contribution >= 0.6 is 27.3 Å². The number of hydrogen-bond donors (Lipinski definition) is 0. The molecule has 0 radical (unpaired) electrons. The molecule has 0 spiro atoms. The molecule has 0 saturated heterocycles. The highest BCUT2D eigenvalue weighted by Crippen LogP contribution is 2.29. The van der Waals surface area contributed by atoms with Crippen molar-refractivity contribution in [3.05, 3.63) is 28.3 Å². The van der Waals surface area contributed by atoms with Crippen molar-refractivity contribution in [2.45, 2.75) is 0 Å². The quantitative estimate of drug-likeness (QED) is 0.818. The molecule has 0 aromatic carbocycles. The van der Waals surface area contributed by atoms with Crippen molar-refractivity contribution in [2.24, 2.45) is 0 Å². The molecule has 2 aromatic heterocycles. The van der Waals surface area contributed by atoms with Crippen LogP contribution in [0.5, 0.6) is 0 Å². The Morgan fingerprint density at radius 3 is 2.71 bits per heavy atom. The first-order chi connectivity index (χ1) is 8.20. The molecule has 86 valence electrons. The van der Waals surface area contributed by atoms with Gasteiger partial charge in [-0.25, -0.2) is 9.97 Å². The molecule has 2 rings (SSSR count). The molecular formula is C11H9BrN4S. The van der Waals surface area contributed by atoms with Gasteiger partial charge in [-0.3, -0.25) is 0 Å². The van der Waals surface area contributed by atoms with E-state index in [1.165, 1.54) is 0 Å². The van der Waals surface area contributed by atoms with E-state index in [0.29, 0.717) is 5.95 Å². The summed E-state index contributed by atoms with van der Waals surface area (Å²) in [4.78, 5) is 11.3. The van der Waals surface area contributed by atoms with Gasteiger partial charge in [-0.1, -0.05) is 0 Å². The van der Waals surface area contributed by atoms with E-state index in [2.05, 4.69) is 32.0 Å². The van der Waals surface area contributed by atoms with Crippen LogP contribution in [0.25, 0.3) is 10.4 Å². The van der Waals surface area contributed by atoms with Crippen molar-refractivity contribution in [3.8, 4) is 16.5 Å². The number of rotatable bonds is 3. The summed E-state index contributed by atoms with van der Waals surface area (Å²) in [6.45, 7) is 0.282. The Balaban J connectivity index is 2.21. The van der Waals surface area contributed by atoms with Crippen LogP contribution in [0.15, 0.2) is 28.3 Å². The molecule has 0 fully saturated rings. The highest BCUT2D eigenvalue weighted by Gasteiger charge is 2.06. The second kappa shape index (κ2) is 5.25. The summed E-state index contributed by atoms with van der Waals surface area (Å²) in [6.07, 6.45) is 3.54. The molecule has 2 aromatic rings. The maximum atomic E-state index is 8.58. The van der Waals surface area contributed by atoms with Gasteiger partial charge in [0.15, 0.2) is 0 Å². The van der Waals surface area contributed by atoms with Crippen LogP contribution in [0.3, 0.4) is 0 Å². The van der Waals surface area contributed by atoms with E-state index in [4.69, 9.17) is 5.26 Å². The van der Waals surface area contributed by atoms with Crippen LogP contribution < -0.4 is 4.90 Å². The van der Waals surface area contributed by atoms with E-state index < -0.39 is 0 Å². The average Bonchev–Trinajstić information content (AvgIpc) is 2.76. The Labute approximate surface area is 112 Å². The third kappa shape index (κ3) is 2.81. The summed E-state index contributed by atoms with van der Waals surface area (Å²) in [5, 5.41) is 10.6. The van der Waals surface area contributed by atoms with E-state index in [0.717, 1.165) is 14.9 Å². The van der Waals surface area contributed by atoms with Gasteiger partial charge in [0.1, 0.15) is 6.54 Å². The summed E-state index contributed by atoms with van der Waals surface area (Å²) < 4.78 is 1.06. The number of halogens is 1. The third-order valence-electron chi connectivity index (χ3n) is 2.14. The molecule has 0 bridgehead atoms. The van der Waals surface area contributed by atoms with Gasteiger partial charge in [-0.2, -0.15) is 5.26 Å². The van der Waals surface area contributed by atoms with Crippen molar-refractivity contribution < 1.29 is 0 Å². The fourth-order valence-electron chi connectivity index (χ4n) is 1.29. The second-order valence-electron chi connectivity index (χ2n) is 3.42. The van der Waals surface area contributed by atoms with Crippen LogP contribution in [0.1, 0.15) is 0 Å². The number of aromatic nitrogens is 2. The molecule has 2 heterocycles. The molecule has 0 unspecified atom stereocenters. The van der Waals surface area contributed by atoms with E-state index >= 15 is 0 Å². The summed E-state index contributed by atoms with van der Waals surface area (Å²) in [7, 11) is 1.79. The first-order valence-electron chi connectivity index (χ1n) is 4.85.